The number of carbonyl (C=O) groups excluding carboxylic acids is 1. The van der Waals surface area contributed by atoms with Gasteiger partial charge in [0.1, 0.15) is 0 Å². The number of nitrogens with zero attached hydrogens (tertiary/aromatic N) is 1. The van der Waals surface area contributed by atoms with Gasteiger partial charge in [0, 0.05) is 12.6 Å². The molecule has 0 aromatic carbocycles. The van der Waals surface area contributed by atoms with Crippen molar-refractivity contribution < 1.29 is 14.6 Å². The van der Waals surface area contributed by atoms with Gasteiger partial charge < -0.3 is 20.1 Å². The lowest BCUT2D eigenvalue weighted by Crippen LogP contribution is -2.53. The number of aliphatic hydroxyl groups is 1. The maximum absolute atomic E-state index is 11.7. The fourth-order valence-electron chi connectivity index (χ4n) is 1.83. The van der Waals surface area contributed by atoms with Crippen molar-refractivity contribution in [1.29, 1.82) is 0 Å². The van der Waals surface area contributed by atoms with E-state index in [4.69, 9.17) is 9.84 Å². The van der Waals surface area contributed by atoms with Crippen LogP contribution in [0.25, 0.3) is 0 Å². The molecule has 15 heavy (non-hydrogen) atoms. The molecule has 2 aliphatic rings. The summed E-state index contributed by atoms with van der Waals surface area (Å²) in [6, 6.07) is 0.356. The van der Waals surface area contributed by atoms with Crippen LogP contribution in [0.5, 0.6) is 0 Å². The molecule has 5 nitrogen and oxygen atoms in total. The molecule has 1 unspecified atom stereocenters. The number of aliphatic hydroxyl groups excluding tert-OH is 1. The molecule has 0 aromatic rings. The van der Waals surface area contributed by atoms with Gasteiger partial charge in [0.15, 0.2) is 0 Å². The molecule has 1 atom stereocenters. The Morgan fingerprint density at radius 1 is 1.53 bits per heavy atom. The number of rotatable bonds is 2. The molecule has 5 heteroatoms. The first-order valence-electron chi connectivity index (χ1n) is 5.57. The molecular formula is C10H18N2O3. The molecule has 0 spiro atoms. The minimum absolute atomic E-state index is 0.0125. The smallest absolute Gasteiger partial charge is 0.317 e. The van der Waals surface area contributed by atoms with Crippen LogP contribution in [0.3, 0.4) is 0 Å². The number of hydrogen-bond donors (Lipinski definition) is 2. The first-order valence-corrected chi connectivity index (χ1v) is 5.57. The third-order valence-corrected chi connectivity index (χ3v) is 3.06. The minimum atomic E-state index is -0.217. The molecular weight excluding hydrogens is 196 g/mol. The molecule has 2 fully saturated rings. The molecule has 1 saturated carbocycles. The van der Waals surface area contributed by atoms with Crippen molar-refractivity contribution in [2.24, 2.45) is 0 Å². The lowest BCUT2D eigenvalue weighted by Gasteiger charge is -2.35. The van der Waals surface area contributed by atoms with E-state index in [9.17, 15) is 4.79 Å². The number of ether oxygens (including phenoxy) is 1. The Kier molecular flexibility index (Phi) is 3.43. The summed E-state index contributed by atoms with van der Waals surface area (Å²) in [6.45, 7) is 1.61. The van der Waals surface area contributed by atoms with E-state index in [-0.39, 0.29) is 18.7 Å². The van der Waals surface area contributed by atoms with Gasteiger partial charge >= 0.3 is 6.03 Å². The Morgan fingerprint density at radius 2 is 2.33 bits per heavy atom. The van der Waals surface area contributed by atoms with Crippen molar-refractivity contribution in [2.75, 3.05) is 26.3 Å². The van der Waals surface area contributed by atoms with Crippen LogP contribution in [0.4, 0.5) is 4.79 Å². The van der Waals surface area contributed by atoms with Crippen LogP contribution in [0.2, 0.25) is 0 Å². The molecule has 1 saturated heterocycles. The summed E-state index contributed by atoms with van der Waals surface area (Å²) in [5.74, 6) is 0. The molecule has 2 rings (SSSR count). The Labute approximate surface area is 89.4 Å². The maximum atomic E-state index is 11.7. The van der Waals surface area contributed by atoms with Crippen LogP contribution in [-0.2, 0) is 4.74 Å². The van der Waals surface area contributed by atoms with Crippen molar-refractivity contribution in [3.8, 4) is 0 Å². The van der Waals surface area contributed by atoms with Crippen LogP contribution >= 0.6 is 0 Å². The fraction of sp³-hybridized carbons (Fsp3) is 0.900. The summed E-state index contributed by atoms with van der Waals surface area (Å²) in [5.41, 5.74) is 0. The Morgan fingerprint density at radius 3 is 2.93 bits per heavy atom. The highest BCUT2D eigenvalue weighted by atomic mass is 16.5. The zero-order chi connectivity index (χ0) is 10.7. The predicted molar refractivity (Wildman–Crippen MR) is 54.6 cm³/mol. The average Bonchev–Trinajstić information content (AvgIpc) is 2.23. The van der Waals surface area contributed by atoms with Crippen LogP contribution < -0.4 is 5.32 Å². The Hall–Kier alpha value is -0.810. The van der Waals surface area contributed by atoms with Crippen molar-refractivity contribution in [1.82, 2.24) is 10.2 Å². The van der Waals surface area contributed by atoms with Gasteiger partial charge in [-0.25, -0.2) is 4.79 Å². The third kappa shape index (κ3) is 2.60. The zero-order valence-electron chi connectivity index (χ0n) is 8.82. The highest BCUT2D eigenvalue weighted by molar-refractivity contribution is 5.74. The van der Waals surface area contributed by atoms with E-state index in [1.54, 1.807) is 4.90 Å². The van der Waals surface area contributed by atoms with Gasteiger partial charge in [-0.1, -0.05) is 0 Å². The lowest BCUT2D eigenvalue weighted by molar-refractivity contribution is -0.0407. The minimum Gasteiger partial charge on any atom is -0.394 e. The van der Waals surface area contributed by atoms with Crippen molar-refractivity contribution in [3.05, 3.63) is 0 Å². The molecule has 1 aliphatic carbocycles. The number of carbonyl (C=O) groups is 1. The van der Waals surface area contributed by atoms with E-state index in [0.717, 1.165) is 12.8 Å². The standard InChI is InChI=1S/C10H18N2O3/c13-7-9-6-12(4-5-15-9)10(14)11-8-2-1-3-8/h8-9,13H,1-7H2,(H,11,14). The first-order chi connectivity index (χ1) is 7.29. The summed E-state index contributed by atoms with van der Waals surface area (Å²) in [6.07, 6.45) is 3.19. The van der Waals surface area contributed by atoms with Crippen molar-refractivity contribution in [2.45, 2.75) is 31.4 Å². The van der Waals surface area contributed by atoms with Crippen LogP contribution in [0.1, 0.15) is 19.3 Å². The molecule has 2 N–H and O–H groups in total. The maximum Gasteiger partial charge on any atom is 0.317 e. The average molecular weight is 214 g/mol. The zero-order valence-corrected chi connectivity index (χ0v) is 8.82. The fourth-order valence-corrected chi connectivity index (χ4v) is 1.83. The molecule has 1 heterocycles. The van der Waals surface area contributed by atoms with Crippen LogP contribution in [0.15, 0.2) is 0 Å². The SMILES string of the molecule is O=C(NC1CCC1)N1CCOC(CO)C1. The number of nitrogens with one attached hydrogen (secondary N) is 1. The molecule has 0 bridgehead atoms. The van der Waals surface area contributed by atoms with E-state index < -0.39 is 0 Å². The highest BCUT2D eigenvalue weighted by Gasteiger charge is 2.26. The van der Waals surface area contributed by atoms with E-state index in [1.807, 2.05) is 0 Å². The van der Waals surface area contributed by atoms with E-state index >= 15 is 0 Å². The summed E-state index contributed by atoms with van der Waals surface area (Å²) in [5, 5.41) is 11.9. The number of hydrogen-bond acceptors (Lipinski definition) is 3. The highest BCUT2D eigenvalue weighted by Crippen LogP contribution is 2.18. The summed E-state index contributed by atoms with van der Waals surface area (Å²) in [7, 11) is 0. The second-order valence-corrected chi connectivity index (χ2v) is 4.20. The van der Waals surface area contributed by atoms with Gasteiger partial charge in [-0.15, -0.1) is 0 Å². The molecule has 1 aliphatic heterocycles. The Balaban J connectivity index is 1.78. The summed E-state index contributed by atoms with van der Waals surface area (Å²) >= 11 is 0. The van der Waals surface area contributed by atoms with Gasteiger partial charge in [0.2, 0.25) is 0 Å². The second kappa shape index (κ2) is 4.81. The van der Waals surface area contributed by atoms with Crippen molar-refractivity contribution >= 4 is 6.03 Å². The number of amides is 2. The van der Waals surface area contributed by atoms with Gasteiger partial charge in [-0.05, 0) is 19.3 Å². The van der Waals surface area contributed by atoms with E-state index in [0.29, 0.717) is 25.7 Å². The second-order valence-electron chi connectivity index (χ2n) is 4.20. The van der Waals surface area contributed by atoms with Crippen molar-refractivity contribution in [3.63, 3.8) is 0 Å². The van der Waals surface area contributed by atoms with Crippen LogP contribution in [-0.4, -0.2) is 54.5 Å². The van der Waals surface area contributed by atoms with E-state index in [1.165, 1.54) is 6.42 Å². The molecule has 0 radical (unpaired) electrons. The Bertz CT molecular complexity index is 231. The van der Waals surface area contributed by atoms with Gasteiger partial charge in [0.05, 0.1) is 25.9 Å². The molecule has 0 aromatic heterocycles. The number of urea groups is 1. The van der Waals surface area contributed by atoms with E-state index in [2.05, 4.69) is 5.32 Å². The lowest BCUT2D eigenvalue weighted by atomic mass is 9.93. The number of morpholine rings is 1. The van der Waals surface area contributed by atoms with Crippen LogP contribution in [0, 0.1) is 0 Å². The first kappa shape index (κ1) is 10.7. The molecule has 86 valence electrons. The summed E-state index contributed by atoms with van der Waals surface area (Å²) < 4.78 is 5.28. The normalized spacial score (nSPS) is 27.3. The predicted octanol–water partition coefficient (Wildman–Crippen LogP) is -0.0584. The quantitative estimate of drug-likeness (QED) is 0.677. The third-order valence-electron chi connectivity index (χ3n) is 3.06. The molecule has 2 amide bonds. The van der Waals surface area contributed by atoms with Gasteiger partial charge in [0.25, 0.3) is 0 Å². The van der Waals surface area contributed by atoms with Gasteiger partial charge in [-0.3, -0.25) is 0 Å². The topological polar surface area (TPSA) is 61.8 Å². The largest absolute Gasteiger partial charge is 0.394 e. The summed E-state index contributed by atoms with van der Waals surface area (Å²) in [4.78, 5) is 13.5. The van der Waals surface area contributed by atoms with Gasteiger partial charge in [-0.2, -0.15) is 0 Å². The monoisotopic (exact) mass is 214 g/mol.